The van der Waals surface area contributed by atoms with Gasteiger partial charge >= 0.3 is 6.18 Å². The lowest BCUT2D eigenvalue weighted by Crippen LogP contribution is -2.28. The van der Waals surface area contributed by atoms with Crippen molar-refractivity contribution in [1.82, 2.24) is 5.32 Å². The number of amides is 1. The summed E-state index contributed by atoms with van der Waals surface area (Å²) in [6.07, 6.45) is -5.58. The van der Waals surface area contributed by atoms with E-state index in [4.69, 9.17) is 13.9 Å². The minimum absolute atomic E-state index is 0.0998. The van der Waals surface area contributed by atoms with Crippen molar-refractivity contribution in [2.75, 3.05) is 20.8 Å². The van der Waals surface area contributed by atoms with Gasteiger partial charge in [0.25, 0.3) is 5.91 Å². The smallest absolute Gasteiger partial charge is 0.416 e. The molecule has 1 amide bonds. The van der Waals surface area contributed by atoms with E-state index in [0.29, 0.717) is 17.1 Å². The van der Waals surface area contributed by atoms with Crippen LogP contribution in [0.3, 0.4) is 0 Å². The zero-order valence-corrected chi connectivity index (χ0v) is 16.7. The highest BCUT2D eigenvalue weighted by Gasteiger charge is 2.30. The number of furan rings is 1. The van der Waals surface area contributed by atoms with E-state index >= 15 is 0 Å². The summed E-state index contributed by atoms with van der Waals surface area (Å²) in [5, 5.41) is 13.0. The average molecular weight is 435 g/mol. The number of hydrogen-bond acceptors (Lipinski definition) is 5. The van der Waals surface area contributed by atoms with Gasteiger partial charge in [0, 0.05) is 17.7 Å². The van der Waals surface area contributed by atoms with Crippen LogP contribution in [-0.2, 0) is 6.18 Å². The minimum Gasteiger partial charge on any atom is -0.497 e. The Morgan fingerprint density at radius 2 is 1.87 bits per heavy atom. The molecule has 2 aromatic carbocycles. The van der Waals surface area contributed by atoms with Crippen molar-refractivity contribution in [2.45, 2.75) is 12.3 Å². The summed E-state index contributed by atoms with van der Waals surface area (Å²) in [6, 6.07) is 12.3. The zero-order valence-electron chi connectivity index (χ0n) is 16.7. The molecule has 0 saturated carbocycles. The van der Waals surface area contributed by atoms with E-state index < -0.39 is 23.8 Å². The van der Waals surface area contributed by atoms with Crippen molar-refractivity contribution in [3.8, 4) is 22.8 Å². The van der Waals surface area contributed by atoms with Crippen LogP contribution in [-0.4, -0.2) is 31.8 Å². The van der Waals surface area contributed by atoms with Crippen molar-refractivity contribution in [3.63, 3.8) is 0 Å². The third kappa shape index (κ3) is 5.18. The highest BCUT2D eigenvalue weighted by molar-refractivity contribution is 5.92. The van der Waals surface area contributed by atoms with E-state index in [-0.39, 0.29) is 23.6 Å². The van der Waals surface area contributed by atoms with Crippen LogP contribution < -0.4 is 14.8 Å². The van der Waals surface area contributed by atoms with Crippen LogP contribution >= 0.6 is 0 Å². The summed E-state index contributed by atoms with van der Waals surface area (Å²) >= 11 is 0. The number of carbonyl (C=O) groups is 1. The number of benzene rings is 2. The molecule has 0 aliphatic heterocycles. The first kappa shape index (κ1) is 22.2. The Labute approximate surface area is 176 Å². The van der Waals surface area contributed by atoms with Gasteiger partial charge in [0.2, 0.25) is 0 Å². The van der Waals surface area contributed by atoms with E-state index in [0.717, 1.165) is 12.1 Å². The first-order valence-electron chi connectivity index (χ1n) is 9.18. The molecule has 1 unspecified atom stereocenters. The molecule has 1 atom stereocenters. The maximum absolute atomic E-state index is 12.9. The zero-order chi connectivity index (χ0) is 22.6. The van der Waals surface area contributed by atoms with Gasteiger partial charge in [0.15, 0.2) is 5.76 Å². The molecule has 0 fully saturated rings. The van der Waals surface area contributed by atoms with Crippen LogP contribution in [0, 0.1) is 0 Å². The summed E-state index contributed by atoms with van der Waals surface area (Å²) in [7, 11) is 2.94. The van der Waals surface area contributed by atoms with Crippen LogP contribution in [0.2, 0.25) is 0 Å². The highest BCUT2D eigenvalue weighted by Crippen LogP contribution is 2.33. The van der Waals surface area contributed by atoms with Gasteiger partial charge in [-0.25, -0.2) is 0 Å². The van der Waals surface area contributed by atoms with Gasteiger partial charge in [-0.05, 0) is 42.5 Å². The largest absolute Gasteiger partial charge is 0.497 e. The number of nitrogens with one attached hydrogen (secondary N) is 1. The fourth-order valence-corrected chi connectivity index (χ4v) is 2.95. The summed E-state index contributed by atoms with van der Waals surface area (Å²) < 4.78 is 54.5. The maximum Gasteiger partial charge on any atom is 0.416 e. The van der Waals surface area contributed by atoms with E-state index in [1.54, 1.807) is 18.2 Å². The van der Waals surface area contributed by atoms with Crippen LogP contribution in [0.15, 0.2) is 59.0 Å². The number of aliphatic hydroxyl groups is 1. The molecule has 0 aliphatic rings. The van der Waals surface area contributed by atoms with Crippen molar-refractivity contribution in [1.29, 1.82) is 0 Å². The second kappa shape index (κ2) is 9.13. The maximum atomic E-state index is 12.9. The van der Waals surface area contributed by atoms with E-state index in [2.05, 4.69) is 5.32 Å². The normalized spacial score (nSPS) is 12.3. The van der Waals surface area contributed by atoms with Crippen molar-refractivity contribution >= 4 is 5.91 Å². The lowest BCUT2D eigenvalue weighted by atomic mass is 10.1. The predicted molar refractivity (Wildman–Crippen MR) is 106 cm³/mol. The third-order valence-corrected chi connectivity index (χ3v) is 4.56. The molecule has 0 spiro atoms. The molecule has 9 heteroatoms. The van der Waals surface area contributed by atoms with Crippen molar-refractivity contribution in [3.05, 3.63) is 71.5 Å². The summed E-state index contributed by atoms with van der Waals surface area (Å²) in [4.78, 5) is 12.4. The van der Waals surface area contributed by atoms with Crippen molar-refractivity contribution in [2.24, 2.45) is 0 Å². The Bertz CT molecular complexity index is 1060. The molecule has 164 valence electrons. The quantitative estimate of drug-likeness (QED) is 0.573. The molecule has 3 rings (SSSR count). The average Bonchev–Trinajstić information content (AvgIpc) is 3.26. The number of ether oxygens (including phenoxy) is 2. The lowest BCUT2D eigenvalue weighted by Gasteiger charge is -2.16. The first-order valence-corrected chi connectivity index (χ1v) is 9.18. The number of aliphatic hydroxyl groups excluding tert-OH is 1. The Kier molecular flexibility index (Phi) is 6.55. The monoisotopic (exact) mass is 435 g/mol. The number of halogens is 3. The van der Waals surface area contributed by atoms with E-state index in [9.17, 15) is 23.1 Å². The Hall–Kier alpha value is -3.46. The Morgan fingerprint density at radius 3 is 2.55 bits per heavy atom. The summed E-state index contributed by atoms with van der Waals surface area (Å²) in [6.45, 7) is -0.151. The predicted octanol–water partition coefficient (Wildman–Crippen LogP) is 4.45. The fourth-order valence-electron chi connectivity index (χ4n) is 2.95. The number of hydrogen-bond donors (Lipinski definition) is 2. The summed E-state index contributed by atoms with van der Waals surface area (Å²) in [5.74, 6) is 0.327. The van der Waals surface area contributed by atoms with Gasteiger partial charge in [-0.15, -0.1) is 0 Å². The van der Waals surface area contributed by atoms with Gasteiger partial charge in [-0.1, -0.05) is 12.1 Å². The fraction of sp³-hybridized carbons (Fsp3) is 0.227. The third-order valence-electron chi connectivity index (χ3n) is 4.56. The Balaban J connectivity index is 1.70. The highest BCUT2D eigenvalue weighted by atomic mass is 19.4. The second-order valence-electron chi connectivity index (χ2n) is 6.58. The van der Waals surface area contributed by atoms with Crippen LogP contribution in [0.5, 0.6) is 11.5 Å². The van der Waals surface area contributed by atoms with Crippen LogP contribution in [0.25, 0.3) is 11.3 Å². The molecular weight excluding hydrogens is 415 g/mol. The standard InChI is InChI=1S/C22H20F3NO5/c1-29-15-6-7-19(30-2)16(11-15)17(27)12-26-21(28)20-9-8-18(31-20)13-4-3-5-14(10-13)22(23,24)25/h3-11,17,27H,12H2,1-2H3,(H,26,28). The molecule has 1 aromatic heterocycles. The number of rotatable bonds is 7. The second-order valence-corrected chi connectivity index (χ2v) is 6.58. The molecule has 1 heterocycles. The van der Waals surface area contributed by atoms with Crippen LogP contribution in [0.1, 0.15) is 27.8 Å². The van der Waals surface area contributed by atoms with E-state index in [1.807, 2.05) is 0 Å². The van der Waals surface area contributed by atoms with Gasteiger partial charge in [-0.3, -0.25) is 4.79 Å². The number of methoxy groups -OCH3 is 2. The number of carbonyl (C=O) groups excluding carboxylic acids is 1. The van der Waals surface area contributed by atoms with Crippen molar-refractivity contribution < 1.29 is 37.0 Å². The van der Waals surface area contributed by atoms with Gasteiger partial charge in [-0.2, -0.15) is 13.2 Å². The SMILES string of the molecule is COc1ccc(OC)c(C(O)CNC(=O)c2ccc(-c3cccc(C(F)(F)F)c3)o2)c1. The van der Waals surface area contributed by atoms with Gasteiger partial charge < -0.3 is 24.3 Å². The van der Waals surface area contributed by atoms with Gasteiger partial charge in [0.05, 0.1) is 19.8 Å². The molecule has 0 radical (unpaired) electrons. The molecule has 2 N–H and O–H groups in total. The molecule has 0 aliphatic carbocycles. The summed E-state index contributed by atoms with van der Waals surface area (Å²) in [5.41, 5.74) is -0.205. The Morgan fingerprint density at radius 1 is 1.10 bits per heavy atom. The molecule has 0 saturated heterocycles. The molecular formula is C22H20F3NO5. The van der Waals surface area contributed by atoms with Crippen LogP contribution in [0.4, 0.5) is 13.2 Å². The van der Waals surface area contributed by atoms with E-state index in [1.165, 1.54) is 38.5 Å². The van der Waals surface area contributed by atoms with Gasteiger partial charge in [0.1, 0.15) is 23.4 Å². The molecule has 3 aromatic rings. The lowest BCUT2D eigenvalue weighted by molar-refractivity contribution is -0.137. The molecule has 31 heavy (non-hydrogen) atoms. The number of alkyl halides is 3. The minimum atomic E-state index is -4.49. The molecule has 6 nitrogen and oxygen atoms in total. The topological polar surface area (TPSA) is 80.9 Å². The molecule has 0 bridgehead atoms. The first-order chi connectivity index (χ1) is 14.7.